The first kappa shape index (κ1) is 31.3. The van der Waals surface area contributed by atoms with E-state index >= 15 is 0 Å². The molecule has 0 aliphatic rings. The maximum absolute atomic E-state index is 13.1. The van der Waals surface area contributed by atoms with Gasteiger partial charge in [0.25, 0.3) is 0 Å². The van der Waals surface area contributed by atoms with Crippen molar-refractivity contribution in [2.24, 2.45) is 0 Å². The van der Waals surface area contributed by atoms with E-state index in [1.165, 1.54) is 28.7 Å². The number of hydrogen-bond acceptors (Lipinski definition) is 3. The molecule has 0 spiro atoms. The van der Waals surface area contributed by atoms with Crippen molar-refractivity contribution in [2.45, 2.75) is 45.6 Å². The van der Waals surface area contributed by atoms with E-state index in [0.717, 1.165) is 43.2 Å². The summed E-state index contributed by atoms with van der Waals surface area (Å²) in [7, 11) is -1.23. The molecule has 3 heterocycles. The molecule has 2 nitrogen and oxygen atoms in total. The first-order valence-corrected chi connectivity index (χ1v) is 17.9. The topological polar surface area (TPSA) is 25.8 Å². The van der Waals surface area contributed by atoms with Gasteiger partial charge in [-0.25, -0.2) is 0 Å². The third-order valence-corrected chi connectivity index (χ3v) is 10.2. The molecule has 0 amide bonds. The average Bonchev–Trinajstić information content (AvgIpc) is 3.35. The first-order valence-electron chi connectivity index (χ1n) is 14.1. The quantitative estimate of drug-likeness (QED) is 0.131. The van der Waals surface area contributed by atoms with Crippen LogP contribution in [0.15, 0.2) is 91.3 Å². The SMILES string of the molecule is C[Si](C)(C)c1ccc(-c2[c-]cccc2)nc1.[2H]C(C)(C)c1ccnc(-c2[c-]ccc3c2sc2ccc(C(F)(F)F)cc23)c1.[Ir]. The summed E-state index contributed by atoms with van der Waals surface area (Å²) >= 11 is 1.43. The summed E-state index contributed by atoms with van der Waals surface area (Å²) in [5.74, 6) is -0.770. The van der Waals surface area contributed by atoms with Gasteiger partial charge in [0.15, 0.2) is 0 Å². The fourth-order valence-electron chi connectivity index (χ4n) is 4.54. The minimum absolute atomic E-state index is 0. The molecular formula is C35H31F3IrN2SSi-2. The van der Waals surface area contributed by atoms with Crippen molar-refractivity contribution in [1.82, 2.24) is 9.97 Å². The smallest absolute Gasteiger partial charge is 0.305 e. The Bertz CT molecular complexity index is 1880. The molecule has 6 aromatic rings. The zero-order chi connectivity index (χ0) is 31.0. The van der Waals surface area contributed by atoms with E-state index in [2.05, 4.69) is 53.9 Å². The van der Waals surface area contributed by atoms with Crippen molar-refractivity contribution in [2.75, 3.05) is 0 Å². The Morgan fingerprint density at radius 2 is 1.65 bits per heavy atom. The summed E-state index contributed by atoms with van der Waals surface area (Å²) < 4.78 is 49.1. The Kier molecular flexibility index (Phi) is 9.62. The number of thiophene rings is 1. The second kappa shape index (κ2) is 13.2. The van der Waals surface area contributed by atoms with E-state index in [0.29, 0.717) is 11.1 Å². The zero-order valence-corrected chi connectivity index (χ0v) is 28.6. The van der Waals surface area contributed by atoms with Crippen LogP contribution in [-0.2, 0) is 26.3 Å². The van der Waals surface area contributed by atoms with E-state index in [9.17, 15) is 13.2 Å². The Labute approximate surface area is 270 Å². The Hall–Kier alpha value is -3.16. The molecule has 0 aliphatic heterocycles. The van der Waals surface area contributed by atoms with Crippen molar-refractivity contribution in [3.63, 3.8) is 0 Å². The van der Waals surface area contributed by atoms with Crippen molar-refractivity contribution in [3.8, 4) is 22.5 Å². The molecule has 1 radical (unpaired) electrons. The van der Waals surface area contributed by atoms with E-state index in [1.54, 1.807) is 38.2 Å². The van der Waals surface area contributed by atoms with Gasteiger partial charge < -0.3 is 9.97 Å². The fraction of sp³-hybridized carbons (Fsp3) is 0.200. The predicted molar refractivity (Wildman–Crippen MR) is 172 cm³/mol. The van der Waals surface area contributed by atoms with Gasteiger partial charge in [-0.05, 0) is 56.8 Å². The molecule has 0 aliphatic carbocycles. The minimum Gasteiger partial charge on any atom is -0.305 e. The summed E-state index contributed by atoms with van der Waals surface area (Å²) in [6, 6.07) is 29.6. The number of aromatic nitrogens is 2. The fourth-order valence-corrected chi connectivity index (χ4v) is 6.76. The predicted octanol–water partition coefficient (Wildman–Crippen LogP) is 10.2. The third kappa shape index (κ3) is 7.50. The summed E-state index contributed by atoms with van der Waals surface area (Å²) in [5.41, 5.74) is 3.64. The molecular weight excluding hydrogens is 758 g/mol. The molecule has 0 fully saturated rings. The molecule has 0 atom stereocenters. The summed E-state index contributed by atoms with van der Waals surface area (Å²) in [6.45, 7) is 10.6. The number of benzene rings is 3. The van der Waals surface area contributed by atoms with Crippen LogP contribution in [0.5, 0.6) is 0 Å². The van der Waals surface area contributed by atoms with Crippen molar-refractivity contribution >= 4 is 44.8 Å². The zero-order valence-electron chi connectivity index (χ0n) is 25.4. The average molecular weight is 790 g/mol. The Morgan fingerprint density at radius 3 is 2.28 bits per heavy atom. The molecule has 3 aromatic carbocycles. The number of rotatable bonds is 4. The van der Waals surface area contributed by atoms with Crippen LogP contribution in [0.4, 0.5) is 13.2 Å². The van der Waals surface area contributed by atoms with Crippen LogP contribution in [0.3, 0.4) is 0 Å². The van der Waals surface area contributed by atoms with Gasteiger partial charge in [0.1, 0.15) is 0 Å². The van der Waals surface area contributed by atoms with Crippen LogP contribution in [0, 0.1) is 12.1 Å². The van der Waals surface area contributed by atoms with E-state index in [4.69, 9.17) is 1.37 Å². The van der Waals surface area contributed by atoms with E-state index in [-0.39, 0.29) is 20.1 Å². The van der Waals surface area contributed by atoms with Gasteiger partial charge in [0.05, 0.1) is 13.6 Å². The molecule has 0 unspecified atom stereocenters. The molecule has 0 saturated heterocycles. The molecule has 0 N–H and O–H groups in total. The van der Waals surface area contributed by atoms with Gasteiger partial charge in [-0.2, -0.15) is 24.5 Å². The normalized spacial score (nSPS) is 12.3. The minimum atomic E-state index is -4.37. The molecule has 0 bridgehead atoms. The van der Waals surface area contributed by atoms with Crippen molar-refractivity contribution < 1.29 is 34.6 Å². The van der Waals surface area contributed by atoms with Gasteiger partial charge >= 0.3 is 6.18 Å². The number of hydrogen-bond donors (Lipinski definition) is 0. The van der Waals surface area contributed by atoms with Gasteiger partial charge in [-0.3, -0.25) is 0 Å². The molecule has 6 rings (SSSR count). The van der Waals surface area contributed by atoms with Crippen LogP contribution in [0.25, 0.3) is 42.7 Å². The summed E-state index contributed by atoms with van der Waals surface area (Å²) in [6.07, 6.45) is -0.702. The van der Waals surface area contributed by atoms with Crippen LogP contribution in [0.2, 0.25) is 19.6 Å². The molecule has 3 aromatic heterocycles. The second-order valence-electron chi connectivity index (χ2n) is 11.3. The Balaban J connectivity index is 0.000000223. The summed E-state index contributed by atoms with van der Waals surface area (Å²) in [5, 5.41) is 2.73. The molecule has 43 heavy (non-hydrogen) atoms. The molecule has 8 heteroatoms. The molecule has 223 valence electrons. The monoisotopic (exact) mass is 790 g/mol. The number of nitrogens with zero attached hydrogens (tertiary/aromatic N) is 2. The standard InChI is InChI=1S/C21H15F3NS.C14H16NSi.Ir/c1-12(2)13-8-9-25-18(10-13)16-5-3-4-15-17-11-14(21(22,23)24)6-7-19(17)26-20(15)16;1-16(2,3)13-9-10-14(15-11-13)12-7-5-4-6-8-12;/h3-4,6-12H,1-2H3;4-7,9-11H,1-3H3;/q2*-1;/i12D;;. The van der Waals surface area contributed by atoms with E-state index < -0.39 is 25.7 Å². The van der Waals surface area contributed by atoms with Crippen LogP contribution in [-0.4, -0.2) is 18.0 Å². The van der Waals surface area contributed by atoms with Crippen molar-refractivity contribution in [1.29, 1.82) is 0 Å². The van der Waals surface area contributed by atoms with Crippen LogP contribution < -0.4 is 5.19 Å². The number of alkyl halides is 3. The maximum atomic E-state index is 13.1. The maximum Gasteiger partial charge on any atom is 0.416 e. The van der Waals surface area contributed by atoms with Gasteiger partial charge in [0.2, 0.25) is 0 Å². The number of pyridine rings is 2. The largest absolute Gasteiger partial charge is 0.416 e. The molecule has 0 saturated carbocycles. The first-order chi connectivity index (χ1) is 20.2. The van der Waals surface area contributed by atoms with E-state index in [1.807, 2.05) is 36.5 Å². The van der Waals surface area contributed by atoms with Crippen molar-refractivity contribution in [3.05, 3.63) is 115 Å². The van der Waals surface area contributed by atoms with Gasteiger partial charge in [0, 0.05) is 38.6 Å². The second-order valence-corrected chi connectivity index (χ2v) is 17.4. The third-order valence-electron chi connectivity index (χ3n) is 6.97. The van der Waals surface area contributed by atoms with Gasteiger partial charge in [-0.1, -0.05) is 62.6 Å². The van der Waals surface area contributed by atoms with Crippen LogP contribution >= 0.6 is 11.3 Å². The number of halogens is 3. The van der Waals surface area contributed by atoms with Gasteiger partial charge in [-0.15, -0.1) is 59.7 Å². The summed E-state index contributed by atoms with van der Waals surface area (Å²) in [4.78, 5) is 8.93. The van der Waals surface area contributed by atoms with Crippen LogP contribution in [0.1, 0.15) is 32.2 Å². The Morgan fingerprint density at radius 1 is 0.860 bits per heavy atom. The number of fused-ring (bicyclic) bond motifs is 3.